The minimum Gasteiger partial charge on any atom is -0.346 e. The molecule has 1 aliphatic rings. The van der Waals surface area contributed by atoms with E-state index < -0.39 is 0 Å². The number of nitrogens with one attached hydrogen (secondary N) is 1. The lowest BCUT2D eigenvalue weighted by molar-refractivity contribution is 0.0925. The van der Waals surface area contributed by atoms with Crippen LogP contribution >= 0.6 is 0 Å². The predicted molar refractivity (Wildman–Crippen MR) is 77.5 cm³/mol. The van der Waals surface area contributed by atoms with Gasteiger partial charge in [-0.15, -0.1) is 5.10 Å². The Balaban J connectivity index is 1.97. The highest BCUT2D eigenvalue weighted by Gasteiger charge is 2.32. The van der Waals surface area contributed by atoms with E-state index in [-0.39, 0.29) is 18.0 Å². The Hall–Kier alpha value is -1.43. The highest BCUT2D eigenvalue weighted by Crippen LogP contribution is 2.19. The lowest BCUT2D eigenvalue weighted by atomic mass is 10.1. The summed E-state index contributed by atoms with van der Waals surface area (Å²) in [5.74, 6) is 0.334. The fourth-order valence-corrected chi connectivity index (χ4v) is 2.49. The van der Waals surface area contributed by atoms with Crippen molar-refractivity contribution >= 4 is 5.91 Å². The largest absolute Gasteiger partial charge is 0.346 e. The van der Waals surface area contributed by atoms with Crippen LogP contribution in [0.4, 0.5) is 0 Å². The molecule has 0 aliphatic carbocycles. The summed E-state index contributed by atoms with van der Waals surface area (Å²) in [6.07, 6.45) is 1.71. The van der Waals surface area contributed by atoms with Gasteiger partial charge in [-0.05, 0) is 33.6 Å². The zero-order valence-corrected chi connectivity index (χ0v) is 13.0. The van der Waals surface area contributed by atoms with Crippen molar-refractivity contribution in [2.24, 2.45) is 5.92 Å². The van der Waals surface area contributed by atoms with E-state index in [1.165, 1.54) is 0 Å². The molecular formula is C14H25N5O. The number of aromatic nitrogens is 3. The molecule has 1 fully saturated rings. The zero-order valence-electron chi connectivity index (χ0n) is 13.0. The van der Waals surface area contributed by atoms with Crippen molar-refractivity contribution in [3.8, 4) is 0 Å². The van der Waals surface area contributed by atoms with Crippen LogP contribution in [0.1, 0.15) is 51.1 Å². The molecule has 1 aromatic heterocycles. The molecule has 0 aromatic carbocycles. The Morgan fingerprint density at radius 1 is 1.30 bits per heavy atom. The fourth-order valence-electron chi connectivity index (χ4n) is 2.49. The molecule has 0 bridgehead atoms. The highest BCUT2D eigenvalue weighted by atomic mass is 16.2. The van der Waals surface area contributed by atoms with Crippen LogP contribution in [0.2, 0.25) is 0 Å². The number of hydrogen-bond donors (Lipinski definition) is 1. The van der Waals surface area contributed by atoms with Gasteiger partial charge in [0, 0.05) is 31.2 Å². The lowest BCUT2D eigenvalue weighted by Crippen LogP contribution is -2.40. The Bertz CT molecular complexity index is 468. The van der Waals surface area contributed by atoms with Crippen LogP contribution in [-0.2, 0) is 0 Å². The van der Waals surface area contributed by atoms with Crippen LogP contribution in [0.15, 0.2) is 6.20 Å². The van der Waals surface area contributed by atoms with Crippen molar-refractivity contribution in [2.75, 3.05) is 13.1 Å². The topological polar surface area (TPSA) is 63.1 Å². The van der Waals surface area contributed by atoms with Gasteiger partial charge < -0.3 is 5.32 Å². The van der Waals surface area contributed by atoms with Gasteiger partial charge >= 0.3 is 0 Å². The summed E-state index contributed by atoms with van der Waals surface area (Å²) in [6.45, 7) is 12.5. The van der Waals surface area contributed by atoms with Crippen molar-refractivity contribution < 1.29 is 4.79 Å². The van der Waals surface area contributed by atoms with Crippen molar-refractivity contribution in [1.29, 1.82) is 0 Å². The van der Waals surface area contributed by atoms with Crippen LogP contribution in [0.5, 0.6) is 0 Å². The Morgan fingerprint density at radius 2 is 2.00 bits per heavy atom. The molecule has 0 spiro atoms. The number of amides is 1. The molecule has 0 saturated carbocycles. The Labute approximate surface area is 120 Å². The third kappa shape index (κ3) is 3.17. The average Bonchev–Trinajstić information content (AvgIpc) is 2.97. The van der Waals surface area contributed by atoms with Gasteiger partial charge in [0.15, 0.2) is 5.69 Å². The summed E-state index contributed by atoms with van der Waals surface area (Å²) in [5, 5.41) is 11.0. The molecule has 6 heteroatoms. The second-order valence-electron chi connectivity index (χ2n) is 6.28. The maximum atomic E-state index is 12.2. The van der Waals surface area contributed by atoms with Crippen LogP contribution in [-0.4, -0.2) is 51.0 Å². The highest BCUT2D eigenvalue weighted by molar-refractivity contribution is 5.92. The molecule has 0 radical (unpaired) electrons. The second kappa shape index (κ2) is 5.91. The first-order valence-electron chi connectivity index (χ1n) is 7.35. The molecule has 2 heterocycles. The molecule has 2 rings (SSSR count). The normalized spacial score (nSPS) is 23.8. The maximum absolute atomic E-state index is 12.2. The second-order valence-corrected chi connectivity index (χ2v) is 6.28. The van der Waals surface area contributed by atoms with Gasteiger partial charge in [-0.25, -0.2) is 4.68 Å². The van der Waals surface area contributed by atoms with Gasteiger partial charge in [-0.3, -0.25) is 9.69 Å². The molecular weight excluding hydrogens is 254 g/mol. The summed E-state index contributed by atoms with van der Waals surface area (Å²) in [4.78, 5) is 14.6. The van der Waals surface area contributed by atoms with Gasteiger partial charge in [0.1, 0.15) is 0 Å². The predicted octanol–water partition coefficient (Wildman–Crippen LogP) is 1.32. The summed E-state index contributed by atoms with van der Waals surface area (Å²) in [7, 11) is 0. The minimum atomic E-state index is -0.126. The van der Waals surface area contributed by atoms with Crippen LogP contribution in [0.3, 0.4) is 0 Å². The molecule has 20 heavy (non-hydrogen) atoms. The lowest BCUT2D eigenvalue weighted by Gasteiger charge is -2.20. The fraction of sp³-hybridized carbons (Fsp3) is 0.786. The van der Waals surface area contributed by atoms with Gasteiger partial charge in [0.05, 0.1) is 6.20 Å². The van der Waals surface area contributed by atoms with E-state index in [1.807, 2.05) is 13.8 Å². The van der Waals surface area contributed by atoms with E-state index in [4.69, 9.17) is 0 Å². The smallest absolute Gasteiger partial charge is 0.273 e. The quantitative estimate of drug-likeness (QED) is 0.903. The van der Waals surface area contributed by atoms with Crippen LogP contribution < -0.4 is 5.32 Å². The summed E-state index contributed by atoms with van der Waals surface area (Å²) in [5.41, 5.74) is 0.397. The molecule has 6 nitrogen and oxygen atoms in total. The van der Waals surface area contributed by atoms with E-state index in [2.05, 4.69) is 41.3 Å². The molecule has 112 valence electrons. The van der Waals surface area contributed by atoms with Crippen LogP contribution in [0.25, 0.3) is 0 Å². The average molecular weight is 279 g/mol. The monoisotopic (exact) mass is 279 g/mol. The first kappa shape index (κ1) is 15.0. The molecule has 1 N–H and O–H groups in total. The summed E-state index contributed by atoms with van der Waals surface area (Å²) >= 11 is 0. The van der Waals surface area contributed by atoms with E-state index >= 15 is 0 Å². The molecule has 1 aromatic rings. The molecule has 1 saturated heterocycles. The molecule has 0 unspecified atom stereocenters. The molecule has 1 aliphatic heterocycles. The van der Waals surface area contributed by atoms with Crippen molar-refractivity contribution in [1.82, 2.24) is 25.2 Å². The molecule has 1 amide bonds. The third-order valence-corrected chi connectivity index (χ3v) is 3.96. The van der Waals surface area contributed by atoms with E-state index in [0.29, 0.717) is 17.7 Å². The van der Waals surface area contributed by atoms with E-state index in [0.717, 1.165) is 13.1 Å². The summed E-state index contributed by atoms with van der Waals surface area (Å²) < 4.78 is 1.70. The first-order chi connectivity index (χ1) is 9.38. The number of rotatable bonds is 4. The number of hydrogen-bond acceptors (Lipinski definition) is 4. The number of carbonyl (C=O) groups excluding carboxylic acids is 1. The minimum absolute atomic E-state index is 0.126. The number of likely N-dealkylation sites (tertiary alicyclic amines) is 1. The van der Waals surface area contributed by atoms with Gasteiger partial charge in [0.25, 0.3) is 5.91 Å². The van der Waals surface area contributed by atoms with Gasteiger partial charge in [-0.1, -0.05) is 12.1 Å². The maximum Gasteiger partial charge on any atom is 0.273 e. The zero-order chi connectivity index (χ0) is 14.9. The number of carbonyl (C=O) groups is 1. The van der Waals surface area contributed by atoms with Crippen molar-refractivity contribution in [3.63, 3.8) is 0 Å². The van der Waals surface area contributed by atoms with Crippen molar-refractivity contribution in [3.05, 3.63) is 11.9 Å². The summed E-state index contributed by atoms with van der Waals surface area (Å²) in [6, 6.07) is 0.918. The standard InChI is InChI=1S/C14H25N5O/c1-9(2)18-6-11(5)12(7-18)15-14(20)13-8-19(10(3)4)17-16-13/h8-12H,6-7H2,1-5H3,(H,15,20)/t11-,12-/m1/s1. The Morgan fingerprint density at radius 3 is 2.50 bits per heavy atom. The van der Waals surface area contributed by atoms with Gasteiger partial charge in [0.2, 0.25) is 0 Å². The van der Waals surface area contributed by atoms with E-state index in [1.54, 1.807) is 10.9 Å². The third-order valence-electron chi connectivity index (χ3n) is 3.96. The number of nitrogens with zero attached hydrogens (tertiary/aromatic N) is 4. The van der Waals surface area contributed by atoms with Gasteiger partial charge in [-0.2, -0.15) is 0 Å². The SMILES string of the molecule is CC(C)N1C[C@@H](C)[C@H](NC(=O)c2cn(C(C)C)nn2)C1. The van der Waals surface area contributed by atoms with Crippen LogP contribution in [0, 0.1) is 5.92 Å². The first-order valence-corrected chi connectivity index (χ1v) is 7.35. The molecule has 2 atom stereocenters. The van der Waals surface area contributed by atoms with E-state index in [9.17, 15) is 4.79 Å². The van der Waals surface area contributed by atoms with Crippen molar-refractivity contribution in [2.45, 2.75) is 52.7 Å². The Kier molecular flexibility index (Phi) is 4.42.